The highest BCUT2D eigenvalue weighted by Gasteiger charge is 2.36. The Hall–Kier alpha value is -2.19. The second-order valence-electron chi connectivity index (χ2n) is 5.76. The zero-order chi connectivity index (χ0) is 20.1. The number of aliphatic carboxylic acids is 1. The van der Waals surface area contributed by atoms with E-state index in [-0.39, 0.29) is 11.0 Å². The molecule has 1 aliphatic heterocycles. The number of carboxylic acid groups (broad SMARTS) is 1. The van der Waals surface area contributed by atoms with Gasteiger partial charge in [-0.2, -0.15) is 0 Å². The summed E-state index contributed by atoms with van der Waals surface area (Å²) in [4.78, 5) is 35.7. The van der Waals surface area contributed by atoms with Gasteiger partial charge in [0.25, 0.3) is 11.1 Å². The van der Waals surface area contributed by atoms with E-state index in [9.17, 15) is 14.4 Å². The number of rotatable bonds is 8. The van der Waals surface area contributed by atoms with Crippen LogP contribution in [0, 0.1) is 0 Å². The normalized spacial score (nSPS) is 16.7. The van der Waals surface area contributed by atoms with E-state index in [1.807, 2.05) is 20.8 Å². The van der Waals surface area contributed by atoms with Gasteiger partial charge in [0.2, 0.25) is 0 Å². The summed E-state index contributed by atoms with van der Waals surface area (Å²) in [5.41, 5.74) is 0.542. The molecule has 2 amide bonds. The van der Waals surface area contributed by atoms with E-state index in [1.54, 1.807) is 12.1 Å². The summed E-state index contributed by atoms with van der Waals surface area (Å²) in [5.74, 6) is -1.06. The highest BCUT2D eigenvalue weighted by atomic mass is 35.5. The fraction of sp³-hybridized carbons (Fsp3) is 0.389. The number of carboxylic acids is 1. The summed E-state index contributed by atoms with van der Waals surface area (Å²) < 4.78 is 11.4. The van der Waals surface area contributed by atoms with Gasteiger partial charge < -0.3 is 14.6 Å². The van der Waals surface area contributed by atoms with Crippen LogP contribution < -0.4 is 9.47 Å². The molecule has 146 valence electrons. The predicted molar refractivity (Wildman–Crippen MR) is 103 cm³/mol. The third kappa shape index (κ3) is 5.17. The maximum atomic E-state index is 12.3. The molecule has 0 unspecified atom stereocenters. The van der Waals surface area contributed by atoms with E-state index in [1.165, 1.54) is 6.08 Å². The zero-order valence-electron chi connectivity index (χ0n) is 15.2. The molecule has 9 heteroatoms. The van der Waals surface area contributed by atoms with Gasteiger partial charge in [0, 0.05) is 0 Å². The van der Waals surface area contributed by atoms with Gasteiger partial charge in [-0.1, -0.05) is 18.5 Å². The van der Waals surface area contributed by atoms with Crippen molar-refractivity contribution in [1.29, 1.82) is 0 Å². The fourth-order valence-corrected chi connectivity index (χ4v) is 3.36. The van der Waals surface area contributed by atoms with Crippen molar-refractivity contribution in [3.8, 4) is 11.5 Å². The van der Waals surface area contributed by atoms with Crippen LogP contribution in [0.5, 0.6) is 11.5 Å². The molecule has 0 spiro atoms. The Bertz CT molecular complexity index is 794. The van der Waals surface area contributed by atoms with Crippen molar-refractivity contribution in [3.63, 3.8) is 0 Å². The summed E-state index contributed by atoms with van der Waals surface area (Å²) in [6.07, 6.45) is 2.22. The Morgan fingerprint density at radius 1 is 1.37 bits per heavy atom. The lowest BCUT2D eigenvalue weighted by Gasteiger charge is -2.18. The van der Waals surface area contributed by atoms with E-state index in [0.717, 1.165) is 6.42 Å². The first kappa shape index (κ1) is 21.1. The van der Waals surface area contributed by atoms with Crippen molar-refractivity contribution >= 4 is 46.6 Å². The van der Waals surface area contributed by atoms with Crippen LogP contribution >= 0.6 is 23.4 Å². The van der Waals surface area contributed by atoms with E-state index >= 15 is 0 Å². The van der Waals surface area contributed by atoms with Gasteiger partial charge in [-0.05, 0) is 55.8 Å². The van der Waals surface area contributed by atoms with Crippen molar-refractivity contribution in [2.24, 2.45) is 0 Å². The number of benzene rings is 1. The predicted octanol–water partition coefficient (Wildman–Crippen LogP) is 4.04. The maximum absolute atomic E-state index is 12.3. The second-order valence-corrected chi connectivity index (χ2v) is 7.16. The van der Waals surface area contributed by atoms with Gasteiger partial charge in [0.15, 0.2) is 11.5 Å². The van der Waals surface area contributed by atoms with Crippen LogP contribution in [0.2, 0.25) is 5.02 Å². The number of nitrogens with zero attached hydrogens (tertiary/aromatic N) is 1. The third-order valence-corrected chi connectivity index (χ3v) is 4.88. The van der Waals surface area contributed by atoms with Gasteiger partial charge in [0.05, 0.1) is 22.6 Å². The highest BCUT2D eigenvalue weighted by molar-refractivity contribution is 8.18. The Morgan fingerprint density at radius 2 is 2.07 bits per heavy atom. The van der Waals surface area contributed by atoms with Gasteiger partial charge in [0.1, 0.15) is 6.54 Å². The fourth-order valence-electron chi connectivity index (χ4n) is 2.26. The number of imide groups is 1. The molecule has 1 aliphatic rings. The van der Waals surface area contributed by atoms with Gasteiger partial charge in [-0.25, -0.2) is 0 Å². The minimum absolute atomic E-state index is 0.0555. The Morgan fingerprint density at radius 3 is 2.67 bits per heavy atom. The number of amides is 2. The maximum Gasteiger partial charge on any atom is 0.323 e. The number of hydrogen-bond acceptors (Lipinski definition) is 6. The molecule has 1 heterocycles. The van der Waals surface area contributed by atoms with Crippen molar-refractivity contribution in [2.75, 3.05) is 13.2 Å². The van der Waals surface area contributed by atoms with E-state index in [0.29, 0.717) is 45.4 Å². The van der Waals surface area contributed by atoms with E-state index in [2.05, 4.69) is 0 Å². The first-order chi connectivity index (χ1) is 12.8. The molecule has 1 aromatic rings. The van der Waals surface area contributed by atoms with E-state index < -0.39 is 23.7 Å². The first-order valence-corrected chi connectivity index (χ1v) is 9.56. The molecule has 1 atom stereocenters. The average Bonchev–Trinajstić information content (AvgIpc) is 2.85. The van der Waals surface area contributed by atoms with Crippen LogP contribution in [0.15, 0.2) is 17.0 Å². The molecular weight excluding hydrogens is 394 g/mol. The summed E-state index contributed by atoms with van der Waals surface area (Å²) >= 11 is 7.02. The summed E-state index contributed by atoms with van der Waals surface area (Å²) in [6, 6.07) is 3.27. The summed E-state index contributed by atoms with van der Waals surface area (Å²) in [6.45, 7) is 5.45. The minimum Gasteiger partial charge on any atom is -0.490 e. The summed E-state index contributed by atoms with van der Waals surface area (Å²) in [5, 5.41) is 8.51. The lowest BCUT2D eigenvalue weighted by Crippen LogP contribution is -2.33. The third-order valence-electron chi connectivity index (χ3n) is 3.69. The second kappa shape index (κ2) is 9.14. The lowest BCUT2D eigenvalue weighted by atomic mass is 10.1. The molecule has 1 fully saturated rings. The Kier molecular flexibility index (Phi) is 7.15. The Labute approximate surface area is 166 Å². The zero-order valence-corrected chi connectivity index (χ0v) is 16.7. The number of carbonyl (C=O) groups excluding carboxylic acids is 2. The number of carbonyl (C=O) groups is 3. The standard InChI is InChI=1S/C18H20ClNO6S/c1-4-10(3)26-16-12(19)6-11(7-13(16)25-5-2)8-14-17(23)20(9-15(21)22)18(24)27-14/h6-8,10H,4-5,9H2,1-3H3,(H,21,22)/b14-8+/t10-/m0/s1. The molecular formula is C18H20ClNO6S. The molecule has 7 nitrogen and oxygen atoms in total. The van der Waals surface area contributed by atoms with Crippen LogP contribution in [0.25, 0.3) is 6.08 Å². The molecule has 1 N–H and O–H groups in total. The molecule has 1 saturated heterocycles. The number of ether oxygens (including phenoxy) is 2. The van der Waals surface area contributed by atoms with Gasteiger partial charge in [-0.3, -0.25) is 19.3 Å². The van der Waals surface area contributed by atoms with Crippen LogP contribution in [0.3, 0.4) is 0 Å². The van der Waals surface area contributed by atoms with E-state index in [4.69, 9.17) is 26.2 Å². The average molecular weight is 414 g/mol. The molecule has 0 radical (unpaired) electrons. The summed E-state index contributed by atoms with van der Waals surface area (Å²) in [7, 11) is 0. The monoisotopic (exact) mass is 413 g/mol. The molecule has 0 bridgehead atoms. The molecule has 0 aromatic heterocycles. The number of hydrogen-bond donors (Lipinski definition) is 1. The molecule has 1 aromatic carbocycles. The van der Waals surface area contributed by atoms with Crippen molar-refractivity contribution in [2.45, 2.75) is 33.3 Å². The highest BCUT2D eigenvalue weighted by Crippen LogP contribution is 2.39. The molecule has 0 aliphatic carbocycles. The first-order valence-electron chi connectivity index (χ1n) is 8.36. The smallest absolute Gasteiger partial charge is 0.323 e. The van der Waals surface area contributed by atoms with Crippen molar-refractivity contribution in [3.05, 3.63) is 27.6 Å². The van der Waals surface area contributed by atoms with Crippen molar-refractivity contribution < 1.29 is 29.0 Å². The van der Waals surface area contributed by atoms with Gasteiger partial charge in [-0.15, -0.1) is 0 Å². The number of thioether (sulfide) groups is 1. The quantitative estimate of drug-likeness (QED) is 0.643. The topological polar surface area (TPSA) is 93.1 Å². The SMILES string of the molecule is CCOc1cc(/C=C2/SC(=O)N(CC(=O)O)C2=O)cc(Cl)c1O[C@@H](C)CC. The van der Waals surface area contributed by atoms with Crippen molar-refractivity contribution in [1.82, 2.24) is 4.90 Å². The molecule has 2 rings (SSSR count). The minimum atomic E-state index is -1.26. The number of halogens is 1. The van der Waals surface area contributed by atoms with Crippen LogP contribution in [-0.2, 0) is 9.59 Å². The van der Waals surface area contributed by atoms with Gasteiger partial charge >= 0.3 is 5.97 Å². The van der Waals surface area contributed by atoms with Crippen LogP contribution in [0.4, 0.5) is 4.79 Å². The molecule has 0 saturated carbocycles. The molecule has 27 heavy (non-hydrogen) atoms. The largest absolute Gasteiger partial charge is 0.490 e. The van der Waals surface area contributed by atoms with Crippen LogP contribution in [-0.4, -0.2) is 46.4 Å². The lowest BCUT2D eigenvalue weighted by molar-refractivity contribution is -0.140. The van der Waals surface area contributed by atoms with Crippen LogP contribution in [0.1, 0.15) is 32.8 Å². The Balaban J connectivity index is 2.36.